The highest BCUT2D eigenvalue weighted by Crippen LogP contribution is 2.32. The summed E-state index contributed by atoms with van der Waals surface area (Å²) in [5.74, 6) is 0.769. The summed E-state index contributed by atoms with van der Waals surface area (Å²) in [6.45, 7) is 1.95. The fourth-order valence-corrected chi connectivity index (χ4v) is 6.24. The number of allylic oxidation sites excluding steroid dienone is 1. The number of nitrogens with zero attached hydrogens (tertiary/aromatic N) is 3. The van der Waals surface area contributed by atoms with Gasteiger partial charge in [0.1, 0.15) is 18.1 Å². The van der Waals surface area contributed by atoms with Crippen LogP contribution in [0, 0.1) is 10.1 Å². The van der Waals surface area contributed by atoms with E-state index in [4.69, 9.17) is 14.5 Å². The maximum Gasteiger partial charge on any atom is 0.271 e. The summed E-state index contributed by atoms with van der Waals surface area (Å²) in [6.07, 6.45) is 1.75. The number of hydrogen-bond donors (Lipinski definition) is 1. The number of anilines is 1. The molecule has 0 fully saturated rings. The molecule has 0 unspecified atom stereocenters. The summed E-state index contributed by atoms with van der Waals surface area (Å²) in [5, 5.41) is 13.9. The molecule has 0 bridgehead atoms. The molecule has 4 aromatic carbocycles. The Morgan fingerprint density at radius 3 is 2.50 bits per heavy atom. The molecule has 1 N–H and O–H groups in total. The van der Waals surface area contributed by atoms with Gasteiger partial charge in [0.15, 0.2) is 4.80 Å². The smallest absolute Gasteiger partial charge is 0.271 e. The Bertz CT molecular complexity index is 2150. The zero-order valence-corrected chi connectivity index (χ0v) is 25.7. The predicted molar refractivity (Wildman–Crippen MR) is 176 cm³/mol. The number of nitro groups is 1. The average Bonchev–Trinajstić information content (AvgIpc) is 3.37. The molecule has 2 heterocycles. The molecule has 1 amide bonds. The summed E-state index contributed by atoms with van der Waals surface area (Å²) in [7, 11) is 1.57. The number of fused-ring (bicyclic) bond motifs is 1. The van der Waals surface area contributed by atoms with E-state index in [-0.39, 0.29) is 23.8 Å². The second-order valence-electron chi connectivity index (χ2n) is 10.4. The van der Waals surface area contributed by atoms with Gasteiger partial charge in [-0.1, -0.05) is 59.9 Å². The minimum absolute atomic E-state index is 0.00252. The lowest BCUT2D eigenvalue weighted by molar-refractivity contribution is -0.384. The summed E-state index contributed by atoms with van der Waals surface area (Å²) < 4.78 is 13.5. The number of methoxy groups -OCH3 is 1. The van der Waals surface area contributed by atoms with E-state index in [9.17, 15) is 19.7 Å². The van der Waals surface area contributed by atoms with E-state index < -0.39 is 11.0 Å². The van der Waals surface area contributed by atoms with Gasteiger partial charge in [-0.05, 0) is 66.6 Å². The number of carbonyl (C=O) groups excluding carboxylic acids is 1. The average molecular weight is 633 g/mol. The molecular weight excluding hydrogens is 604 g/mol. The zero-order chi connectivity index (χ0) is 32.2. The van der Waals surface area contributed by atoms with Crippen LogP contribution in [0.25, 0.3) is 6.08 Å². The summed E-state index contributed by atoms with van der Waals surface area (Å²) >= 11 is 1.23. The zero-order valence-electron chi connectivity index (χ0n) is 24.9. The van der Waals surface area contributed by atoms with E-state index in [2.05, 4.69) is 5.32 Å². The van der Waals surface area contributed by atoms with Gasteiger partial charge in [0.2, 0.25) is 0 Å². The van der Waals surface area contributed by atoms with Crippen LogP contribution in [-0.2, 0) is 11.4 Å². The van der Waals surface area contributed by atoms with Crippen LogP contribution in [0.15, 0.2) is 124 Å². The van der Waals surface area contributed by atoms with Crippen LogP contribution in [0.4, 0.5) is 11.4 Å². The number of thiazole rings is 1. The van der Waals surface area contributed by atoms with Crippen LogP contribution in [0.2, 0.25) is 0 Å². The van der Waals surface area contributed by atoms with Crippen molar-refractivity contribution in [3.05, 3.63) is 161 Å². The van der Waals surface area contributed by atoms with Crippen molar-refractivity contribution in [2.45, 2.75) is 19.6 Å². The molecule has 46 heavy (non-hydrogen) atoms. The van der Waals surface area contributed by atoms with Crippen molar-refractivity contribution in [1.82, 2.24) is 4.57 Å². The molecule has 1 atom stereocenters. The minimum Gasteiger partial charge on any atom is -0.497 e. The normalized spacial score (nSPS) is 14.3. The van der Waals surface area contributed by atoms with E-state index in [0.717, 1.165) is 5.56 Å². The largest absolute Gasteiger partial charge is 0.497 e. The third kappa shape index (κ3) is 6.21. The lowest BCUT2D eigenvalue weighted by Gasteiger charge is -2.25. The first kappa shape index (κ1) is 30.2. The molecule has 0 saturated heterocycles. The van der Waals surface area contributed by atoms with Gasteiger partial charge >= 0.3 is 0 Å². The van der Waals surface area contributed by atoms with Gasteiger partial charge < -0.3 is 14.8 Å². The Labute approximate surface area is 267 Å². The Balaban J connectivity index is 1.40. The van der Waals surface area contributed by atoms with Crippen LogP contribution in [0.1, 0.15) is 29.7 Å². The first-order valence-electron chi connectivity index (χ1n) is 14.3. The minimum atomic E-state index is -0.758. The molecule has 230 valence electrons. The van der Waals surface area contributed by atoms with E-state index in [1.54, 1.807) is 61.1 Å². The van der Waals surface area contributed by atoms with E-state index in [0.29, 0.717) is 48.9 Å². The van der Waals surface area contributed by atoms with Crippen molar-refractivity contribution in [1.29, 1.82) is 0 Å². The summed E-state index contributed by atoms with van der Waals surface area (Å²) in [5.41, 5.74) is 3.30. The van der Waals surface area contributed by atoms with Gasteiger partial charge in [0, 0.05) is 23.4 Å². The third-order valence-corrected chi connectivity index (χ3v) is 8.44. The Hall–Kier alpha value is -5.81. The van der Waals surface area contributed by atoms with Crippen LogP contribution < -0.4 is 29.7 Å². The first-order valence-corrected chi connectivity index (χ1v) is 15.1. The number of nitro benzene ring substituents is 1. The number of aromatic nitrogens is 1. The van der Waals surface area contributed by atoms with Crippen molar-refractivity contribution in [2.75, 3.05) is 12.4 Å². The summed E-state index contributed by atoms with van der Waals surface area (Å²) in [6, 6.07) is 29.1. The van der Waals surface area contributed by atoms with Gasteiger partial charge in [-0.3, -0.25) is 24.3 Å². The molecular formula is C35H28N4O6S. The van der Waals surface area contributed by atoms with Crippen LogP contribution in [0.3, 0.4) is 0 Å². The maximum atomic E-state index is 14.2. The molecule has 11 heteroatoms. The number of nitrogens with one attached hydrogen (secondary N) is 1. The van der Waals surface area contributed by atoms with Gasteiger partial charge in [-0.15, -0.1) is 0 Å². The monoisotopic (exact) mass is 632 g/mol. The molecule has 5 aromatic rings. The van der Waals surface area contributed by atoms with Gasteiger partial charge in [0.05, 0.1) is 33.9 Å². The van der Waals surface area contributed by atoms with E-state index >= 15 is 0 Å². The van der Waals surface area contributed by atoms with Crippen molar-refractivity contribution in [2.24, 2.45) is 4.99 Å². The number of benzene rings is 4. The van der Waals surface area contributed by atoms with E-state index in [1.807, 2.05) is 54.6 Å². The Morgan fingerprint density at radius 1 is 1.02 bits per heavy atom. The Kier molecular flexibility index (Phi) is 8.57. The number of ether oxygens (including phenoxy) is 2. The highest BCUT2D eigenvalue weighted by Gasteiger charge is 2.32. The molecule has 10 nitrogen and oxygen atoms in total. The van der Waals surface area contributed by atoms with Crippen molar-refractivity contribution < 1.29 is 19.2 Å². The number of para-hydroxylation sites is 2. The van der Waals surface area contributed by atoms with Gasteiger partial charge in [-0.2, -0.15) is 0 Å². The summed E-state index contributed by atoms with van der Waals surface area (Å²) in [4.78, 5) is 43.7. The first-order chi connectivity index (χ1) is 22.3. The van der Waals surface area contributed by atoms with Crippen molar-refractivity contribution >= 4 is 34.7 Å². The van der Waals surface area contributed by atoms with Crippen LogP contribution in [0.5, 0.6) is 11.5 Å². The lowest BCUT2D eigenvalue weighted by Crippen LogP contribution is -2.40. The second-order valence-corrected chi connectivity index (χ2v) is 11.4. The van der Waals surface area contributed by atoms with Gasteiger partial charge in [0.25, 0.3) is 17.2 Å². The number of non-ortho nitro benzene ring substituents is 1. The third-order valence-electron chi connectivity index (χ3n) is 7.45. The molecule has 1 aromatic heterocycles. The molecule has 6 rings (SSSR count). The van der Waals surface area contributed by atoms with Gasteiger partial charge in [-0.25, -0.2) is 4.99 Å². The standard InChI is InChI=1S/C35H28N4O6S/c1-22-31(33(40)37-26-11-4-3-5-12-26)32(25-10-8-13-28(19-25)44-2)38-34(41)30(46-35(38)36-22)20-24-9-6-7-14-29(24)45-21-23-15-17-27(18-16-23)39(42)43/h3-20,32H,21H2,1-2H3,(H,37,40)/b30-20+/t32-/m0/s1. The maximum absolute atomic E-state index is 14.2. The highest BCUT2D eigenvalue weighted by atomic mass is 32.1. The fourth-order valence-electron chi connectivity index (χ4n) is 5.21. The molecule has 0 spiro atoms. The SMILES string of the molecule is COc1cccc([C@H]2C(C(=O)Nc3ccccc3)=C(C)N=c3s/c(=C/c4ccccc4OCc4ccc([N+](=O)[O-])cc4)c(=O)n32)c1. The van der Waals surface area contributed by atoms with Crippen molar-refractivity contribution in [3.8, 4) is 11.5 Å². The molecule has 1 aliphatic rings. The lowest BCUT2D eigenvalue weighted by atomic mass is 9.95. The second kappa shape index (κ2) is 13.0. The number of carbonyl (C=O) groups is 1. The van der Waals surface area contributed by atoms with Crippen LogP contribution in [-0.4, -0.2) is 22.5 Å². The van der Waals surface area contributed by atoms with E-state index in [1.165, 1.54) is 23.5 Å². The van der Waals surface area contributed by atoms with Crippen molar-refractivity contribution in [3.63, 3.8) is 0 Å². The quantitative estimate of drug-likeness (QED) is 0.172. The molecule has 1 aliphatic heterocycles. The molecule has 0 aliphatic carbocycles. The predicted octanol–water partition coefficient (Wildman–Crippen LogP) is 5.37. The highest BCUT2D eigenvalue weighted by molar-refractivity contribution is 7.07. The Morgan fingerprint density at radius 2 is 1.76 bits per heavy atom. The number of hydrogen-bond acceptors (Lipinski definition) is 8. The number of amides is 1. The number of rotatable bonds is 9. The van der Waals surface area contributed by atoms with Crippen LogP contribution >= 0.6 is 11.3 Å². The topological polar surface area (TPSA) is 125 Å². The molecule has 0 saturated carbocycles. The molecule has 0 radical (unpaired) electrons. The fraction of sp³-hybridized carbons (Fsp3) is 0.114.